The minimum Gasteiger partial charge on any atom is -0.353 e. The van der Waals surface area contributed by atoms with Gasteiger partial charge in [-0.3, -0.25) is 9.10 Å². The Morgan fingerprint density at radius 1 is 1.20 bits per heavy atom. The van der Waals surface area contributed by atoms with Gasteiger partial charge in [-0.15, -0.1) is 0 Å². The third-order valence-electron chi connectivity index (χ3n) is 4.26. The van der Waals surface area contributed by atoms with Gasteiger partial charge in [-0.25, -0.2) is 12.8 Å². The number of benzene rings is 2. The van der Waals surface area contributed by atoms with E-state index >= 15 is 0 Å². The third-order valence-corrected chi connectivity index (χ3v) is 7.04. The normalized spacial score (nSPS) is 12.4. The van der Waals surface area contributed by atoms with Crippen molar-refractivity contribution in [1.29, 1.82) is 0 Å². The second-order valence-electron chi connectivity index (χ2n) is 6.50. The van der Waals surface area contributed by atoms with Crippen LogP contribution in [0, 0.1) is 5.82 Å². The largest absolute Gasteiger partial charge is 0.353 e. The molecule has 0 bridgehead atoms. The predicted octanol–water partition coefficient (Wildman–Crippen LogP) is 4.73. The Balaban J connectivity index is 1.98. The molecule has 2 aromatic carbocycles. The minimum absolute atomic E-state index is 0.291. The number of halogens is 3. The van der Waals surface area contributed by atoms with E-state index in [0.29, 0.717) is 45.8 Å². The van der Waals surface area contributed by atoms with Gasteiger partial charge in [0.25, 0.3) is 0 Å². The molecule has 5 nitrogen and oxygen atoms in total. The quantitative estimate of drug-likeness (QED) is 0.487. The fraction of sp³-hybridized carbons (Fsp3) is 0.350. The van der Waals surface area contributed by atoms with Crippen LogP contribution in [0.1, 0.15) is 18.9 Å². The first-order valence-corrected chi connectivity index (χ1v) is 12.9. The Hall–Kier alpha value is -1.48. The predicted molar refractivity (Wildman–Crippen MR) is 123 cm³/mol. The molecule has 0 aliphatic heterocycles. The SMILES string of the molecule is CC[C@@H](C(=O)NCCSCc1c(F)cccc1Cl)N(c1ccc(Cl)cc1)S(C)(=O)=O. The van der Waals surface area contributed by atoms with Crippen LogP contribution in [-0.4, -0.2) is 38.9 Å². The fourth-order valence-electron chi connectivity index (χ4n) is 2.86. The van der Waals surface area contributed by atoms with Crippen molar-refractivity contribution in [3.8, 4) is 0 Å². The lowest BCUT2D eigenvalue weighted by molar-refractivity contribution is -0.122. The molecular weight excluding hydrogens is 470 g/mol. The van der Waals surface area contributed by atoms with Gasteiger partial charge in [0, 0.05) is 33.7 Å². The highest BCUT2D eigenvalue weighted by molar-refractivity contribution is 7.98. The molecule has 1 amide bonds. The molecule has 0 saturated heterocycles. The van der Waals surface area contributed by atoms with Gasteiger partial charge in [0.2, 0.25) is 15.9 Å². The number of thioether (sulfide) groups is 1. The van der Waals surface area contributed by atoms with Crippen molar-refractivity contribution in [1.82, 2.24) is 5.32 Å². The Labute approximate surface area is 191 Å². The van der Waals surface area contributed by atoms with E-state index in [0.717, 1.165) is 10.6 Å². The summed E-state index contributed by atoms with van der Waals surface area (Å²) in [5.41, 5.74) is 0.792. The monoisotopic (exact) mass is 492 g/mol. The maximum atomic E-state index is 13.8. The molecule has 0 aliphatic rings. The number of carbonyl (C=O) groups excluding carboxylic acids is 1. The lowest BCUT2D eigenvalue weighted by atomic mass is 10.2. The van der Waals surface area contributed by atoms with Gasteiger partial charge < -0.3 is 5.32 Å². The van der Waals surface area contributed by atoms with Crippen LogP contribution in [-0.2, 0) is 20.6 Å². The van der Waals surface area contributed by atoms with Crippen LogP contribution in [0.15, 0.2) is 42.5 Å². The molecule has 0 saturated carbocycles. The van der Waals surface area contributed by atoms with Crippen molar-refractivity contribution < 1.29 is 17.6 Å². The second-order valence-corrected chi connectivity index (χ2v) is 10.3. The fourth-order valence-corrected chi connectivity index (χ4v) is 5.39. The molecule has 10 heteroatoms. The van der Waals surface area contributed by atoms with Crippen molar-refractivity contribution in [3.05, 3.63) is 63.9 Å². The Bertz CT molecular complexity index is 952. The van der Waals surface area contributed by atoms with E-state index in [4.69, 9.17) is 23.2 Å². The standard InChI is InChI=1S/C20H23Cl2FN2O3S2/c1-3-19(25(30(2,27)28)15-9-7-14(21)8-10-15)20(26)24-11-12-29-13-16-17(22)5-4-6-18(16)23/h4-10,19H,3,11-13H2,1-2H3,(H,24,26)/t19-/m0/s1. The Morgan fingerprint density at radius 2 is 1.87 bits per heavy atom. The molecule has 0 aromatic heterocycles. The van der Waals surface area contributed by atoms with Gasteiger partial charge in [-0.2, -0.15) is 11.8 Å². The zero-order valence-corrected chi connectivity index (χ0v) is 19.7. The third kappa shape index (κ3) is 6.77. The van der Waals surface area contributed by atoms with Crippen molar-refractivity contribution in [3.63, 3.8) is 0 Å². The van der Waals surface area contributed by atoms with E-state index in [-0.39, 0.29) is 5.82 Å². The highest BCUT2D eigenvalue weighted by Gasteiger charge is 2.31. The molecule has 164 valence electrons. The number of sulfonamides is 1. The maximum Gasteiger partial charge on any atom is 0.243 e. The van der Waals surface area contributed by atoms with Gasteiger partial charge >= 0.3 is 0 Å². The number of anilines is 1. The molecule has 0 aliphatic carbocycles. The number of hydrogen-bond acceptors (Lipinski definition) is 4. The van der Waals surface area contributed by atoms with Crippen LogP contribution >= 0.6 is 35.0 Å². The molecule has 2 rings (SSSR count). The average Bonchev–Trinajstić information content (AvgIpc) is 2.67. The van der Waals surface area contributed by atoms with E-state index in [1.807, 2.05) is 0 Å². The molecule has 0 fully saturated rings. The summed E-state index contributed by atoms with van der Waals surface area (Å²) >= 11 is 13.3. The zero-order chi connectivity index (χ0) is 22.3. The summed E-state index contributed by atoms with van der Waals surface area (Å²) in [4.78, 5) is 12.7. The van der Waals surface area contributed by atoms with Gasteiger partial charge in [0.15, 0.2) is 0 Å². The molecule has 0 radical (unpaired) electrons. The summed E-state index contributed by atoms with van der Waals surface area (Å²) in [5, 5.41) is 3.60. The van der Waals surface area contributed by atoms with E-state index < -0.39 is 22.0 Å². The molecule has 0 spiro atoms. The van der Waals surface area contributed by atoms with Crippen LogP contribution in [0.2, 0.25) is 10.0 Å². The van der Waals surface area contributed by atoms with Crippen molar-refractivity contribution >= 4 is 56.6 Å². The highest BCUT2D eigenvalue weighted by atomic mass is 35.5. The summed E-state index contributed by atoms with van der Waals surface area (Å²) in [7, 11) is -3.70. The topological polar surface area (TPSA) is 66.5 Å². The molecule has 0 heterocycles. The number of carbonyl (C=O) groups is 1. The number of nitrogens with zero attached hydrogens (tertiary/aromatic N) is 1. The van der Waals surface area contributed by atoms with Gasteiger partial charge in [-0.05, 0) is 42.8 Å². The van der Waals surface area contributed by atoms with Gasteiger partial charge in [0.1, 0.15) is 11.9 Å². The lowest BCUT2D eigenvalue weighted by Gasteiger charge is -2.30. The lowest BCUT2D eigenvalue weighted by Crippen LogP contribution is -2.49. The van der Waals surface area contributed by atoms with Crippen LogP contribution in [0.3, 0.4) is 0 Å². The summed E-state index contributed by atoms with van der Waals surface area (Å²) in [5.74, 6) is 0.130. The molecular formula is C20H23Cl2FN2O3S2. The molecule has 1 atom stereocenters. The summed E-state index contributed by atoms with van der Waals surface area (Å²) < 4.78 is 39.6. The molecule has 30 heavy (non-hydrogen) atoms. The first-order chi connectivity index (χ1) is 14.1. The summed E-state index contributed by atoms with van der Waals surface area (Å²) in [6.07, 6.45) is 1.35. The Morgan fingerprint density at radius 3 is 2.43 bits per heavy atom. The number of rotatable bonds is 10. The van der Waals surface area contributed by atoms with E-state index in [2.05, 4.69) is 5.32 Å². The van der Waals surface area contributed by atoms with Crippen LogP contribution in [0.5, 0.6) is 0 Å². The molecule has 1 N–H and O–H groups in total. The number of hydrogen-bond donors (Lipinski definition) is 1. The van der Waals surface area contributed by atoms with Crippen molar-refractivity contribution in [2.24, 2.45) is 0 Å². The zero-order valence-electron chi connectivity index (χ0n) is 16.6. The van der Waals surface area contributed by atoms with E-state index in [1.165, 1.54) is 17.8 Å². The smallest absolute Gasteiger partial charge is 0.243 e. The highest BCUT2D eigenvalue weighted by Crippen LogP contribution is 2.25. The van der Waals surface area contributed by atoms with Crippen LogP contribution in [0.25, 0.3) is 0 Å². The first kappa shape index (κ1) is 24.8. The summed E-state index contributed by atoms with van der Waals surface area (Å²) in [6, 6.07) is 9.91. The van der Waals surface area contributed by atoms with Crippen LogP contribution < -0.4 is 9.62 Å². The Kier molecular flexibility index (Phi) is 9.28. The second kappa shape index (κ2) is 11.2. The van der Waals surface area contributed by atoms with Crippen molar-refractivity contribution in [2.45, 2.75) is 25.1 Å². The first-order valence-electron chi connectivity index (χ1n) is 9.18. The van der Waals surface area contributed by atoms with Gasteiger partial charge in [-0.1, -0.05) is 36.2 Å². The maximum absolute atomic E-state index is 13.8. The number of amides is 1. The van der Waals surface area contributed by atoms with Gasteiger partial charge in [0.05, 0.1) is 11.9 Å². The molecule has 0 unspecified atom stereocenters. The van der Waals surface area contributed by atoms with E-state index in [9.17, 15) is 17.6 Å². The van der Waals surface area contributed by atoms with Crippen LogP contribution in [0.4, 0.5) is 10.1 Å². The van der Waals surface area contributed by atoms with E-state index in [1.54, 1.807) is 43.3 Å². The average molecular weight is 493 g/mol. The minimum atomic E-state index is -3.70. The number of nitrogens with one attached hydrogen (secondary N) is 1. The summed E-state index contributed by atoms with van der Waals surface area (Å²) in [6.45, 7) is 2.05. The van der Waals surface area contributed by atoms with Crippen molar-refractivity contribution in [2.75, 3.05) is 22.9 Å². The molecule has 2 aromatic rings.